The van der Waals surface area contributed by atoms with Gasteiger partial charge in [0.05, 0.1) is 23.7 Å². The molecule has 3 rings (SSSR count). The van der Waals surface area contributed by atoms with Gasteiger partial charge < -0.3 is 9.64 Å². The second-order valence-electron chi connectivity index (χ2n) is 4.84. The summed E-state index contributed by atoms with van der Waals surface area (Å²) < 4.78 is 5.36. The zero-order valence-corrected chi connectivity index (χ0v) is 11.2. The zero-order chi connectivity index (χ0) is 14.1. The first-order chi connectivity index (χ1) is 9.65. The number of hydrogen-bond acceptors (Lipinski definition) is 5. The van der Waals surface area contributed by atoms with Crippen molar-refractivity contribution >= 4 is 22.3 Å². The van der Waals surface area contributed by atoms with Gasteiger partial charge in [-0.15, -0.1) is 0 Å². The van der Waals surface area contributed by atoms with Gasteiger partial charge in [-0.05, 0) is 19.1 Å². The normalized spacial score (nSPS) is 15.6. The van der Waals surface area contributed by atoms with Gasteiger partial charge in [0.2, 0.25) is 0 Å². The van der Waals surface area contributed by atoms with Gasteiger partial charge >= 0.3 is 0 Å². The number of nitro benzene ring substituents is 1. The molecule has 6 nitrogen and oxygen atoms in total. The molecule has 0 saturated carbocycles. The van der Waals surface area contributed by atoms with E-state index < -0.39 is 0 Å². The Bertz CT molecular complexity index is 666. The summed E-state index contributed by atoms with van der Waals surface area (Å²) in [5, 5.41) is 11.8. The molecule has 0 spiro atoms. The Morgan fingerprint density at radius 3 is 2.75 bits per heavy atom. The number of aryl methyl sites for hydroxylation is 1. The number of nitro groups is 1. The standard InChI is InChI=1S/C14H15N3O3/c1-10-8-14(16-4-6-20-7-5-16)12-9-11(17(18)19)2-3-13(12)15-10/h2-3,8-9H,4-7H2,1H3. The molecule has 0 amide bonds. The topological polar surface area (TPSA) is 68.5 Å². The number of fused-ring (bicyclic) bond motifs is 1. The largest absolute Gasteiger partial charge is 0.378 e. The summed E-state index contributed by atoms with van der Waals surface area (Å²) in [6, 6.07) is 6.80. The molecule has 2 heterocycles. The van der Waals surface area contributed by atoms with E-state index in [0.29, 0.717) is 13.2 Å². The number of benzene rings is 1. The summed E-state index contributed by atoms with van der Waals surface area (Å²) in [6.45, 7) is 4.88. The van der Waals surface area contributed by atoms with Crippen LogP contribution in [-0.4, -0.2) is 36.2 Å². The first-order valence-electron chi connectivity index (χ1n) is 6.53. The third-order valence-corrected chi connectivity index (χ3v) is 3.46. The lowest BCUT2D eigenvalue weighted by Gasteiger charge is -2.30. The van der Waals surface area contributed by atoms with Crippen molar-refractivity contribution in [3.8, 4) is 0 Å². The summed E-state index contributed by atoms with van der Waals surface area (Å²) in [5.74, 6) is 0. The summed E-state index contributed by atoms with van der Waals surface area (Å²) in [4.78, 5) is 17.2. The lowest BCUT2D eigenvalue weighted by Crippen LogP contribution is -2.36. The predicted molar refractivity (Wildman–Crippen MR) is 76.2 cm³/mol. The molecule has 1 fully saturated rings. The predicted octanol–water partition coefficient (Wildman–Crippen LogP) is 2.29. The van der Waals surface area contributed by atoms with Gasteiger partial charge in [-0.2, -0.15) is 0 Å². The van der Waals surface area contributed by atoms with E-state index in [2.05, 4.69) is 9.88 Å². The molecule has 0 N–H and O–H groups in total. The van der Waals surface area contributed by atoms with Crippen LogP contribution < -0.4 is 4.90 Å². The Labute approximate surface area is 116 Å². The van der Waals surface area contributed by atoms with Crippen LogP contribution in [0.2, 0.25) is 0 Å². The molecule has 0 atom stereocenters. The fourth-order valence-corrected chi connectivity index (χ4v) is 2.50. The van der Waals surface area contributed by atoms with Gasteiger partial charge in [0.25, 0.3) is 5.69 Å². The van der Waals surface area contributed by atoms with Crippen LogP contribution in [0.4, 0.5) is 11.4 Å². The molecule has 0 aliphatic carbocycles. The van der Waals surface area contributed by atoms with Crippen LogP contribution in [0, 0.1) is 17.0 Å². The average molecular weight is 273 g/mol. The molecular weight excluding hydrogens is 258 g/mol. The Balaban J connectivity index is 2.16. The van der Waals surface area contributed by atoms with Gasteiger partial charge in [0, 0.05) is 42.0 Å². The highest BCUT2D eigenvalue weighted by Gasteiger charge is 2.17. The quantitative estimate of drug-likeness (QED) is 0.620. The zero-order valence-electron chi connectivity index (χ0n) is 11.2. The van der Waals surface area contributed by atoms with Crippen molar-refractivity contribution in [3.63, 3.8) is 0 Å². The van der Waals surface area contributed by atoms with E-state index in [1.165, 1.54) is 6.07 Å². The first kappa shape index (κ1) is 12.8. The average Bonchev–Trinajstić information content (AvgIpc) is 2.46. The molecule has 1 aromatic heterocycles. The fourth-order valence-electron chi connectivity index (χ4n) is 2.50. The van der Waals surface area contributed by atoms with Crippen LogP contribution in [0.25, 0.3) is 10.9 Å². The highest BCUT2D eigenvalue weighted by Crippen LogP contribution is 2.30. The van der Waals surface area contributed by atoms with Gasteiger partial charge in [-0.25, -0.2) is 0 Å². The third-order valence-electron chi connectivity index (χ3n) is 3.46. The van der Waals surface area contributed by atoms with E-state index in [0.717, 1.165) is 35.4 Å². The van der Waals surface area contributed by atoms with E-state index in [4.69, 9.17) is 4.74 Å². The van der Waals surface area contributed by atoms with Crippen LogP contribution in [0.1, 0.15) is 5.69 Å². The minimum absolute atomic E-state index is 0.0951. The van der Waals surface area contributed by atoms with Crippen molar-refractivity contribution in [2.45, 2.75) is 6.92 Å². The number of ether oxygens (including phenoxy) is 1. The van der Waals surface area contributed by atoms with E-state index in [9.17, 15) is 10.1 Å². The molecule has 0 bridgehead atoms. The molecular formula is C14H15N3O3. The number of hydrogen-bond donors (Lipinski definition) is 0. The summed E-state index contributed by atoms with van der Waals surface area (Å²) >= 11 is 0. The summed E-state index contributed by atoms with van der Waals surface area (Å²) in [5.41, 5.74) is 2.79. The van der Waals surface area contributed by atoms with Crippen molar-refractivity contribution < 1.29 is 9.66 Å². The summed E-state index contributed by atoms with van der Waals surface area (Å²) in [6.07, 6.45) is 0. The lowest BCUT2D eigenvalue weighted by atomic mass is 10.1. The maximum Gasteiger partial charge on any atom is 0.270 e. The molecule has 1 aliphatic heterocycles. The van der Waals surface area contributed by atoms with Crippen molar-refractivity contribution in [3.05, 3.63) is 40.1 Å². The maximum absolute atomic E-state index is 11.0. The fraction of sp³-hybridized carbons (Fsp3) is 0.357. The lowest BCUT2D eigenvalue weighted by molar-refractivity contribution is -0.384. The number of morpholine rings is 1. The molecule has 104 valence electrons. The number of non-ortho nitro benzene ring substituents is 1. The third kappa shape index (κ3) is 2.30. The molecule has 2 aromatic rings. The number of anilines is 1. The molecule has 20 heavy (non-hydrogen) atoms. The first-order valence-corrected chi connectivity index (χ1v) is 6.53. The van der Waals surface area contributed by atoms with Gasteiger partial charge in [0.1, 0.15) is 0 Å². The molecule has 0 unspecified atom stereocenters. The molecule has 1 aliphatic rings. The maximum atomic E-state index is 11.0. The number of pyridine rings is 1. The minimum Gasteiger partial charge on any atom is -0.378 e. The number of nitrogens with zero attached hydrogens (tertiary/aromatic N) is 3. The minimum atomic E-state index is -0.373. The highest BCUT2D eigenvalue weighted by molar-refractivity contribution is 5.93. The highest BCUT2D eigenvalue weighted by atomic mass is 16.6. The second kappa shape index (κ2) is 5.05. The number of rotatable bonds is 2. The van der Waals surface area contributed by atoms with E-state index in [1.807, 2.05) is 13.0 Å². The van der Waals surface area contributed by atoms with Crippen LogP contribution in [-0.2, 0) is 4.74 Å². The smallest absolute Gasteiger partial charge is 0.270 e. The summed E-state index contributed by atoms with van der Waals surface area (Å²) in [7, 11) is 0. The van der Waals surface area contributed by atoms with Gasteiger partial charge in [-0.1, -0.05) is 0 Å². The Kier molecular flexibility index (Phi) is 3.23. The second-order valence-corrected chi connectivity index (χ2v) is 4.84. The van der Waals surface area contributed by atoms with Crippen LogP contribution in [0.5, 0.6) is 0 Å². The van der Waals surface area contributed by atoms with Crippen LogP contribution in [0.3, 0.4) is 0 Å². The Hall–Kier alpha value is -2.21. The molecule has 1 aromatic carbocycles. The molecule has 0 radical (unpaired) electrons. The van der Waals surface area contributed by atoms with Crippen molar-refractivity contribution in [2.75, 3.05) is 31.2 Å². The van der Waals surface area contributed by atoms with Crippen molar-refractivity contribution in [2.24, 2.45) is 0 Å². The van der Waals surface area contributed by atoms with Gasteiger partial charge in [0.15, 0.2) is 0 Å². The van der Waals surface area contributed by atoms with E-state index in [1.54, 1.807) is 12.1 Å². The van der Waals surface area contributed by atoms with E-state index in [-0.39, 0.29) is 10.6 Å². The molecule has 1 saturated heterocycles. The van der Waals surface area contributed by atoms with Gasteiger partial charge in [-0.3, -0.25) is 15.1 Å². The van der Waals surface area contributed by atoms with Crippen LogP contribution in [0.15, 0.2) is 24.3 Å². The molecule has 6 heteroatoms. The van der Waals surface area contributed by atoms with Crippen molar-refractivity contribution in [1.82, 2.24) is 4.98 Å². The Morgan fingerprint density at radius 1 is 1.30 bits per heavy atom. The van der Waals surface area contributed by atoms with E-state index >= 15 is 0 Å². The van der Waals surface area contributed by atoms with Crippen LogP contribution >= 0.6 is 0 Å². The monoisotopic (exact) mass is 273 g/mol. The Morgan fingerprint density at radius 2 is 2.05 bits per heavy atom. The SMILES string of the molecule is Cc1cc(N2CCOCC2)c2cc([N+](=O)[O-])ccc2n1. The number of aromatic nitrogens is 1. The van der Waals surface area contributed by atoms with Crippen molar-refractivity contribution in [1.29, 1.82) is 0 Å².